The fourth-order valence-electron chi connectivity index (χ4n) is 2.66. The summed E-state index contributed by atoms with van der Waals surface area (Å²) in [5, 5.41) is 5.52. The van der Waals surface area contributed by atoms with Gasteiger partial charge in [-0.1, -0.05) is 38.0 Å². The Morgan fingerprint density at radius 3 is 2.50 bits per heavy atom. The van der Waals surface area contributed by atoms with E-state index in [0.717, 1.165) is 24.8 Å². The zero-order valence-electron chi connectivity index (χ0n) is 12.1. The minimum absolute atomic E-state index is 0.124. The second-order valence-corrected chi connectivity index (χ2v) is 5.61. The Bertz CT molecular complexity index is 499. The van der Waals surface area contributed by atoms with Crippen LogP contribution in [0.25, 0.3) is 0 Å². The predicted octanol–water partition coefficient (Wildman–Crippen LogP) is 2.63. The second-order valence-electron chi connectivity index (χ2n) is 5.61. The van der Waals surface area contributed by atoms with Gasteiger partial charge < -0.3 is 10.6 Å². The van der Waals surface area contributed by atoms with Crippen molar-refractivity contribution in [1.29, 1.82) is 0 Å². The molecule has 0 saturated heterocycles. The lowest BCUT2D eigenvalue weighted by Crippen LogP contribution is -2.45. The largest absolute Gasteiger partial charge is 0.345 e. The van der Waals surface area contributed by atoms with Gasteiger partial charge in [0.05, 0.1) is 0 Å². The quantitative estimate of drug-likeness (QED) is 0.814. The maximum Gasteiger partial charge on any atom is 0.313 e. The molecule has 1 fully saturated rings. The molecule has 20 heavy (non-hydrogen) atoms. The fourth-order valence-corrected chi connectivity index (χ4v) is 2.66. The molecule has 1 saturated carbocycles. The highest BCUT2D eigenvalue weighted by Crippen LogP contribution is 2.23. The number of rotatable bonds is 2. The van der Waals surface area contributed by atoms with Crippen LogP contribution in [0, 0.1) is 12.8 Å². The number of carbonyl (C=O) groups excluding carboxylic acids is 2. The molecule has 0 bridgehead atoms. The van der Waals surface area contributed by atoms with E-state index in [1.807, 2.05) is 25.1 Å². The van der Waals surface area contributed by atoms with E-state index in [2.05, 4.69) is 17.6 Å². The van der Waals surface area contributed by atoms with Crippen molar-refractivity contribution in [3.63, 3.8) is 0 Å². The first kappa shape index (κ1) is 14.6. The molecule has 0 spiro atoms. The minimum atomic E-state index is -0.586. The molecule has 0 heterocycles. The molecule has 108 valence electrons. The van der Waals surface area contributed by atoms with Gasteiger partial charge in [0.15, 0.2) is 0 Å². The molecule has 4 heteroatoms. The molecule has 0 aliphatic heterocycles. The maximum absolute atomic E-state index is 11.9. The van der Waals surface area contributed by atoms with Crippen LogP contribution >= 0.6 is 0 Å². The number of para-hydroxylation sites is 1. The smallest absolute Gasteiger partial charge is 0.313 e. The van der Waals surface area contributed by atoms with E-state index >= 15 is 0 Å². The average Bonchev–Trinajstić information content (AvgIpc) is 2.43. The van der Waals surface area contributed by atoms with Crippen LogP contribution in [0.3, 0.4) is 0 Å². The van der Waals surface area contributed by atoms with Crippen LogP contribution in [0.1, 0.15) is 38.2 Å². The van der Waals surface area contributed by atoms with Gasteiger partial charge in [0.25, 0.3) is 0 Å². The number of anilines is 1. The van der Waals surface area contributed by atoms with Gasteiger partial charge in [-0.05, 0) is 37.3 Å². The van der Waals surface area contributed by atoms with E-state index in [1.165, 1.54) is 6.42 Å². The summed E-state index contributed by atoms with van der Waals surface area (Å²) in [4.78, 5) is 23.9. The first-order valence-electron chi connectivity index (χ1n) is 7.25. The van der Waals surface area contributed by atoms with Crippen molar-refractivity contribution < 1.29 is 9.59 Å². The molecular formula is C16H22N2O2. The zero-order chi connectivity index (χ0) is 14.5. The zero-order valence-corrected chi connectivity index (χ0v) is 12.1. The van der Waals surface area contributed by atoms with Crippen LogP contribution in [0.5, 0.6) is 0 Å². The molecule has 1 aromatic carbocycles. The van der Waals surface area contributed by atoms with E-state index in [1.54, 1.807) is 6.07 Å². The highest BCUT2D eigenvalue weighted by atomic mass is 16.2. The van der Waals surface area contributed by atoms with Crippen LogP contribution in [-0.2, 0) is 9.59 Å². The second kappa shape index (κ2) is 6.55. The SMILES string of the molecule is Cc1ccccc1NC(=O)C(=O)NC1CCCCC1C. The van der Waals surface area contributed by atoms with Gasteiger partial charge in [0, 0.05) is 11.7 Å². The van der Waals surface area contributed by atoms with Gasteiger partial charge in [-0.2, -0.15) is 0 Å². The number of nitrogens with one attached hydrogen (secondary N) is 2. The lowest BCUT2D eigenvalue weighted by Gasteiger charge is -2.29. The molecule has 0 aromatic heterocycles. The Labute approximate surface area is 119 Å². The van der Waals surface area contributed by atoms with E-state index in [4.69, 9.17) is 0 Å². The molecule has 4 nitrogen and oxygen atoms in total. The van der Waals surface area contributed by atoms with Gasteiger partial charge in [0.2, 0.25) is 0 Å². The van der Waals surface area contributed by atoms with Crippen LogP contribution in [0.4, 0.5) is 5.69 Å². The monoisotopic (exact) mass is 274 g/mol. The van der Waals surface area contributed by atoms with E-state index in [0.29, 0.717) is 11.6 Å². The van der Waals surface area contributed by atoms with Crippen LogP contribution in [-0.4, -0.2) is 17.9 Å². The van der Waals surface area contributed by atoms with Crippen molar-refractivity contribution in [3.05, 3.63) is 29.8 Å². The standard InChI is InChI=1S/C16H22N2O2/c1-11-7-3-5-9-13(11)17-15(19)16(20)18-14-10-6-4-8-12(14)2/h3,5,7,9,12,14H,4,6,8,10H2,1-2H3,(H,17,19)(H,18,20). The number of carbonyl (C=O) groups is 2. The lowest BCUT2D eigenvalue weighted by atomic mass is 9.86. The fraction of sp³-hybridized carbons (Fsp3) is 0.500. The molecule has 2 N–H and O–H groups in total. The molecule has 1 aromatic rings. The van der Waals surface area contributed by atoms with E-state index in [-0.39, 0.29) is 6.04 Å². The van der Waals surface area contributed by atoms with E-state index in [9.17, 15) is 9.59 Å². The number of amides is 2. The lowest BCUT2D eigenvalue weighted by molar-refractivity contribution is -0.137. The van der Waals surface area contributed by atoms with Gasteiger partial charge in [-0.3, -0.25) is 9.59 Å². The summed E-state index contributed by atoms with van der Waals surface area (Å²) in [6.07, 6.45) is 4.41. The summed E-state index contributed by atoms with van der Waals surface area (Å²) in [6.45, 7) is 4.03. The van der Waals surface area contributed by atoms with Crippen molar-refractivity contribution in [2.45, 2.75) is 45.6 Å². The Hall–Kier alpha value is -1.84. The van der Waals surface area contributed by atoms with Crippen LogP contribution in [0.2, 0.25) is 0 Å². The molecule has 1 aliphatic rings. The molecule has 2 unspecified atom stereocenters. The van der Waals surface area contributed by atoms with Crippen LogP contribution in [0.15, 0.2) is 24.3 Å². The summed E-state index contributed by atoms with van der Waals surface area (Å²) in [5.41, 5.74) is 1.63. The van der Waals surface area contributed by atoms with Gasteiger partial charge in [0.1, 0.15) is 0 Å². The first-order chi connectivity index (χ1) is 9.58. The third-order valence-corrected chi connectivity index (χ3v) is 4.03. The van der Waals surface area contributed by atoms with Gasteiger partial charge >= 0.3 is 11.8 Å². The predicted molar refractivity (Wildman–Crippen MR) is 79.4 cm³/mol. The topological polar surface area (TPSA) is 58.2 Å². The van der Waals surface area contributed by atoms with Crippen molar-refractivity contribution in [2.24, 2.45) is 5.92 Å². The average molecular weight is 274 g/mol. The third-order valence-electron chi connectivity index (χ3n) is 4.03. The van der Waals surface area contributed by atoms with Gasteiger partial charge in [-0.15, -0.1) is 0 Å². The molecule has 0 radical (unpaired) electrons. The summed E-state index contributed by atoms with van der Waals surface area (Å²) in [5.74, 6) is -0.678. The van der Waals surface area contributed by atoms with Crippen molar-refractivity contribution in [3.8, 4) is 0 Å². The van der Waals surface area contributed by atoms with Crippen LogP contribution < -0.4 is 10.6 Å². The molecular weight excluding hydrogens is 252 g/mol. The van der Waals surface area contributed by atoms with Crippen molar-refractivity contribution in [2.75, 3.05) is 5.32 Å². The Morgan fingerprint density at radius 1 is 1.10 bits per heavy atom. The normalized spacial score (nSPS) is 22.1. The third kappa shape index (κ3) is 3.59. The first-order valence-corrected chi connectivity index (χ1v) is 7.25. The number of hydrogen-bond acceptors (Lipinski definition) is 2. The molecule has 2 amide bonds. The minimum Gasteiger partial charge on any atom is -0.345 e. The summed E-state index contributed by atoms with van der Waals surface area (Å²) in [6, 6.07) is 7.55. The highest BCUT2D eigenvalue weighted by Gasteiger charge is 2.25. The van der Waals surface area contributed by atoms with Gasteiger partial charge in [-0.25, -0.2) is 0 Å². The number of aryl methyl sites for hydroxylation is 1. The summed E-state index contributed by atoms with van der Waals surface area (Å²) >= 11 is 0. The Balaban J connectivity index is 1.92. The van der Waals surface area contributed by atoms with E-state index < -0.39 is 11.8 Å². The summed E-state index contributed by atoms with van der Waals surface area (Å²) < 4.78 is 0. The number of hydrogen-bond donors (Lipinski definition) is 2. The summed E-state index contributed by atoms with van der Waals surface area (Å²) in [7, 11) is 0. The number of benzene rings is 1. The Morgan fingerprint density at radius 2 is 1.80 bits per heavy atom. The molecule has 1 aliphatic carbocycles. The van der Waals surface area contributed by atoms with Crippen molar-refractivity contribution in [1.82, 2.24) is 5.32 Å². The highest BCUT2D eigenvalue weighted by molar-refractivity contribution is 6.39. The molecule has 2 atom stereocenters. The molecule has 2 rings (SSSR count). The maximum atomic E-state index is 11.9. The van der Waals surface area contributed by atoms with Crippen molar-refractivity contribution >= 4 is 17.5 Å². The Kier molecular flexibility index (Phi) is 4.77.